The summed E-state index contributed by atoms with van der Waals surface area (Å²) in [5.74, 6) is -0.356. The van der Waals surface area contributed by atoms with Gasteiger partial charge in [0.15, 0.2) is 5.13 Å². The molecule has 0 spiro atoms. The van der Waals surface area contributed by atoms with E-state index in [0.717, 1.165) is 6.08 Å². The summed E-state index contributed by atoms with van der Waals surface area (Å²) < 4.78 is 32.6. The Labute approximate surface area is 137 Å². The first-order valence-electron chi connectivity index (χ1n) is 6.92. The molecule has 0 saturated carbocycles. The van der Waals surface area contributed by atoms with Gasteiger partial charge in [0.2, 0.25) is 15.9 Å². The molecule has 0 bridgehead atoms. The Balaban J connectivity index is 1.92. The second-order valence-electron chi connectivity index (χ2n) is 4.86. The number of nitrogens with zero attached hydrogens (tertiary/aromatic N) is 2. The van der Waals surface area contributed by atoms with Crippen molar-refractivity contribution in [1.82, 2.24) is 9.29 Å². The Kier molecular flexibility index (Phi) is 4.44. The molecular formula is C14H15N3O4S2. The first-order valence-corrected chi connectivity index (χ1v) is 9.18. The van der Waals surface area contributed by atoms with Crippen molar-refractivity contribution in [2.75, 3.05) is 31.6 Å². The van der Waals surface area contributed by atoms with E-state index in [0.29, 0.717) is 41.7 Å². The van der Waals surface area contributed by atoms with Crippen LogP contribution in [0.2, 0.25) is 0 Å². The molecule has 0 aliphatic carbocycles. The van der Waals surface area contributed by atoms with Crippen LogP contribution in [0.5, 0.6) is 0 Å². The number of nitrogens with one attached hydrogen (secondary N) is 1. The quantitative estimate of drug-likeness (QED) is 0.840. The van der Waals surface area contributed by atoms with E-state index in [2.05, 4.69) is 16.9 Å². The van der Waals surface area contributed by atoms with Crippen molar-refractivity contribution >= 4 is 42.6 Å². The van der Waals surface area contributed by atoms with E-state index >= 15 is 0 Å². The maximum Gasteiger partial charge on any atom is 0.249 e. The van der Waals surface area contributed by atoms with Gasteiger partial charge in [-0.15, -0.1) is 0 Å². The molecule has 3 rings (SSSR count). The summed E-state index contributed by atoms with van der Waals surface area (Å²) in [5, 5.41) is 2.98. The summed E-state index contributed by atoms with van der Waals surface area (Å²) >= 11 is 1.22. The molecule has 122 valence electrons. The number of morpholine rings is 1. The molecule has 1 N–H and O–H groups in total. The zero-order chi connectivity index (χ0) is 16.4. The Bertz CT molecular complexity index is 854. The lowest BCUT2D eigenvalue weighted by atomic mass is 10.3. The number of sulfonamides is 1. The maximum absolute atomic E-state index is 12.6. The van der Waals surface area contributed by atoms with Crippen LogP contribution in [0.15, 0.2) is 35.7 Å². The fourth-order valence-corrected chi connectivity index (χ4v) is 4.63. The molecule has 0 unspecified atom stereocenters. The lowest BCUT2D eigenvalue weighted by Crippen LogP contribution is -2.40. The highest BCUT2D eigenvalue weighted by atomic mass is 32.2. The molecule has 1 fully saturated rings. The molecule has 9 heteroatoms. The predicted octanol–water partition coefficient (Wildman–Crippen LogP) is 1.44. The molecular weight excluding hydrogens is 338 g/mol. The van der Waals surface area contributed by atoms with Crippen molar-refractivity contribution in [3.63, 3.8) is 0 Å². The van der Waals surface area contributed by atoms with E-state index in [-0.39, 0.29) is 10.8 Å². The number of hydrogen-bond acceptors (Lipinski definition) is 6. The number of ether oxygens (including phenoxy) is 1. The number of fused-ring (bicyclic) bond motifs is 1. The molecule has 1 saturated heterocycles. The lowest BCUT2D eigenvalue weighted by molar-refractivity contribution is -0.111. The van der Waals surface area contributed by atoms with E-state index < -0.39 is 10.0 Å². The van der Waals surface area contributed by atoms with Crippen molar-refractivity contribution in [3.8, 4) is 0 Å². The van der Waals surface area contributed by atoms with Crippen molar-refractivity contribution in [3.05, 3.63) is 30.9 Å². The van der Waals surface area contributed by atoms with E-state index in [9.17, 15) is 13.2 Å². The van der Waals surface area contributed by atoms with Gasteiger partial charge in [0.25, 0.3) is 0 Å². The Hall–Kier alpha value is -1.81. The van der Waals surface area contributed by atoms with Crippen molar-refractivity contribution in [1.29, 1.82) is 0 Å². The van der Waals surface area contributed by atoms with Gasteiger partial charge < -0.3 is 4.74 Å². The van der Waals surface area contributed by atoms with Crippen LogP contribution < -0.4 is 5.32 Å². The summed E-state index contributed by atoms with van der Waals surface area (Å²) in [6.45, 7) is 4.89. The summed E-state index contributed by atoms with van der Waals surface area (Å²) in [5.41, 5.74) is 0.635. The van der Waals surface area contributed by atoms with Crippen LogP contribution in [-0.2, 0) is 19.6 Å². The van der Waals surface area contributed by atoms with Gasteiger partial charge in [0, 0.05) is 13.1 Å². The van der Waals surface area contributed by atoms with Gasteiger partial charge >= 0.3 is 0 Å². The third-order valence-corrected chi connectivity index (χ3v) is 6.21. The highest BCUT2D eigenvalue weighted by Crippen LogP contribution is 2.29. The minimum atomic E-state index is -3.54. The minimum Gasteiger partial charge on any atom is -0.379 e. The van der Waals surface area contributed by atoms with Gasteiger partial charge in [-0.25, -0.2) is 13.4 Å². The molecule has 1 aromatic heterocycles. The van der Waals surface area contributed by atoms with Crippen LogP contribution in [0.1, 0.15) is 0 Å². The molecule has 2 aromatic rings. The highest BCUT2D eigenvalue weighted by Gasteiger charge is 2.26. The van der Waals surface area contributed by atoms with Crippen molar-refractivity contribution in [2.45, 2.75) is 4.90 Å². The molecule has 1 amide bonds. The SMILES string of the molecule is C=CC(=O)Nc1nc2ccc(S(=O)(=O)N3CCOCC3)cc2s1. The first-order chi connectivity index (χ1) is 11.0. The third kappa shape index (κ3) is 3.27. The normalized spacial score (nSPS) is 16.3. The summed E-state index contributed by atoms with van der Waals surface area (Å²) in [6, 6.07) is 4.76. The van der Waals surface area contributed by atoms with Crippen LogP contribution in [0.4, 0.5) is 5.13 Å². The molecule has 0 atom stereocenters. The number of anilines is 1. The molecule has 1 aromatic carbocycles. The fourth-order valence-electron chi connectivity index (χ4n) is 2.21. The fraction of sp³-hybridized carbons (Fsp3) is 0.286. The largest absolute Gasteiger partial charge is 0.379 e. The van der Waals surface area contributed by atoms with Crippen LogP contribution in [0.3, 0.4) is 0 Å². The predicted molar refractivity (Wildman–Crippen MR) is 88.0 cm³/mol. The van der Waals surface area contributed by atoms with Gasteiger partial charge in [0.1, 0.15) is 0 Å². The van der Waals surface area contributed by atoms with Crippen LogP contribution in [-0.4, -0.2) is 49.9 Å². The topological polar surface area (TPSA) is 88.6 Å². The third-order valence-electron chi connectivity index (χ3n) is 3.38. The highest BCUT2D eigenvalue weighted by molar-refractivity contribution is 7.89. The van der Waals surface area contributed by atoms with Gasteiger partial charge in [-0.3, -0.25) is 10.1 Å². The number of thiazole rings is 1. The number of carbonyl (C=O) groups is 1. The Morgan fingerprint density at radius 3 is 2.83 bits per heavy atom. The van der Waals surface area contributed by atoms with E-state index in [1.807, 2.05) is 0 Å². The molecule has 1 aliphatic heterocycles. The zero-order valence-electron chi connectivity index (χ0n) is 12.2. The maximum atomic E-state index is 12.6. The van der Waals surface area contributed by atoms with Crippen molar-refractivity contribution in [2.24, 2.45) is 0 Å². The van der Waals surface area contributed by atoms with E-state index in [1.165, 1.54) is 21.7 Å². The van der Waals surface area contributed by atoms with Gasteiger partial charge in [-0.05, 0) is 24.3 Å². The average molecular weight is 353 g/mol. The molecule has 0 radical (unpaired) electrons. The van der Waals surface area contributed by atoms with E-state index in [4.69, 9.17) is 4.74 Å². The number of aromatic nitrogens is 1. The molecule has 2 heterocycles. The number of carbonyl (C=O) groups excluding carboxylic acids is 1. The summed E-state index contributed by atoms with van der Waals surface area (Å²) in [6.07, 6.45) is 1.15. The summed E-state index contributed by atoms with van der Waals surface area (Å²) in [4.78, 5) is 15.8. The number of amides is 1. The second-order valence-corrected chi connectivity index (χ2v) is 7.83. The number of benzene rings is 1. The molecule has 1 aliphatic rings. The Morgan fingerprint density at radius 1 is 1.39 bits per heavy atom. The monoisotopic (exact) mass is 353 g/mol. The van der Waals surface area contributed by atoms with Gasteiger partial charge in [0.05, 0.1) is 28.3 Å². The smallest absolute Gasteiger partial charge is 0.249 e. The number of rotatable bonds is 4. The van der Waals surface area contributed by atoms with E-state index in [1.54, 1.807) is 12.1 Å². The lowest BCUT2D eigenvalue weighted by Gasteiger charge is -2.25. The van der Waals surface area contributed by atoms with Gasteiger partial charge in [-0.1, -0.05) is 17.9 Å². The zero-order valence-corrected chi connectivity index (χ0v) is 13.8. The van der Waals surface area contributed by atoms with Crippen molar-refractivity contribution < 1.29 is 17.9 Å². The molecule has 7 nitrogen and oxygen atoms in total. The second kappa shape index (κ2) is 6.36. The van der Waals surface area contributed by atoms with Crippen LogP contribution >= 0.6 is 11.3 Å². The average Bonchev–Trinajstić information content (AvgIpc) is 2.96. The van der Waals surface area contributed by atoms with Crippen LogP contribution in [0.25, 0.3) is 10.2 Å². The number of hydrogen-bond donors (Lipinski definition) is 1. The molecule has 23 heavy (non-hydrogen) atoms. The first kappa shape index (κ1) is 16.1. The summed E-state index contributed by atoms with van der Waals surface area (Å²) in [7, 11) is -3.54. The van der Waals surface area contributed by atoms with Crippen LogP contribution in [0, 0.1) is 0 Å². The van der Waals surface area contributed by atoms with Gasteiger partial charge in [-0.2, -0.15) is 4.31 Å². The minimum absolute atomic E-state index is 0.220. The standard InChI is InChI=1S/C14H15N3O4S2/c1-2-13(18)16-14-15-11-4-3-10(9-12(11)22-14)23(19,20)17-5-7-21-8-6-17/h2-4,9H,1,5-8H2,(H,15,16,18). The Morgan fingerprint density at radius 2 is 2.13 bits per heavy atom.